The predicted molar refractivity (Wildman–Crippen MR) is 97.9 cm³/mol. The smallest absolute Gasteiger partial charge is 0.404 e. The van der Waals surface area contributed by atoms with Crippen LogP contribution < -0.4 is 5.32 Å². The van der Waals surface area contributed by atoms with Crippen molar-refractivity contribution < 1.29 is 32.3 Å². The van der Waals surface area contributed by atoms with Crippen LogP contribution in [0.2, 0.25) is 0 Å². The minimum Gasteiger partial charge on any atom is -0.465 e. The Morgan fingerprint density at radius 2 is 1.31 bits per heavy atom. The average molecular weight is 405 g/mol. The third kappa shape index (κ3) is 4.90. The van der Waals surface area contributed by atoms with E-state index >= 15 is 0 Å². The van der Waals surface area contributed by atoms with Crippen molar-refractivity contribution in [3.8, 4) is 0 Å². The summed E-state index contributed by atoms with van der Waals surface area (Å²) in [4.78, 5) is 23.8. The van der Waals surface area contributed by atoms with Gasteiger partial charge in [-0.2, -0.15) is 0 Å². The fourth-order valence-corrected chi connectivity index (χ4v) is 3.13. The summed E-state index contributed by atoms with van der Waals surface area (Å²) in [6.07, 6.45) is 1.49. The maximum atomic E-state index is 13.5. The van der Waals surface area contributed by atoms with Crippen LogP contribution in [0.5, 0.6) is 0 Å². The van der Waals surface area contributed by atoms with Crippen molar-refractivity contribution in [3.63, 3.8) is 0 Å². The van der Waals surface area contributed by atoms with E-state index in [4.69, 9.17) is 5.11 Å². The van der Waals surface area contributed by atoms with E-state index in [1.165, 1.54) is 24.3 Å². The number of benzene rings is 2. The van der Waals surface area contributed by atoms with Crippen molar-refractivity contribution in [2.75, 3.05) is 0 Å². The summed E-state index contributed by atoms with van der Waals surface area (Å²) in [6, 6.07) is 5.58. The lowest BCUT2D eigenvalue weighted by molar-refractivity contribution is -0.113. The first-order valence-electron chi connectivity index (χ1n) is 8.58. The maximum Gasteiger partial charge on any atom is 0.404 e. The van der Waals surface area contributed by atoms with E-state index in [-0.39, 0.29) is 35.1 Å². The van der Waals surface area contributed by atoms with Crippen molar-refractivity contribution in [1.82, 2.24) is 5.32 Å². The standard InChI is InChI=1S/C21H15F4NO3/c22-16-3-1-11(7-18(16)24)5-13-9-15(26-21(28)29)10-14(20(13)27)6-12-2-4-17(23)19(25)8-12/h1-8,15,26H,9-10H2,(H,28,29)/b13-5+,14-6+. The Morgan fingerprint density at radius 3 is 1.69 bits per heavy atom. The number of hydrogen-bond acceptors (Lipinski definition) is 2. The number of hydrogen-bond donors (Lipinski definition) is 2. The maximum absolute atomic E-state index is 13.5. The Hall–Kier alpha value is -3.42. The summed E-state index contributed by atoms with van der Waals surface area (Å²) in [6.45, 7) is 0. The molecule has 1 amide bonds. The van der Waals surface area contributed by atoms with Crippen LogP contribution in [0.4, 0.5) is 22.4 Å². The Labute approximate surface area is 163 Å². The molecule has 1 aliphatic carbocycles. The number of carbonyl (C=O) groups excluding carboxylic acids is 1. The monoisotopic (exact) mass is 405 g/mol. The summed E-state index contributed by atoms with van der Waals surface area (Å²) < 4.78 is 53.2. The molecule has 8 heteroatoms. The quantitative estimate of drug-likeness (QED) is 0.574. The number of nitrogens with one attached hydrogen (secondary N) is 1. The van der Waals surface area contributed by atoms with Gasteiger partial charge in [-0.25, -0.2) is 22.4 Å². The van der Waals surface area contributed by atoms with Gasteiger partial charge in [0.2, 0.25) is 0 Å². The molecule has 0 radical (unpaired) electrons. The van der Waals surface area contributed by atoms with Gasteiger partial charge in [-0.3, -0.25) is 4.79 Å². The zero-order valence-corrected chi connectivity index (χ0v) is 14.9. The van der Waals surface area contributed by atoms with E-state index in [1.54, 1.807) is 0 Å². The van der Waals surface area contributed by atoms with Crippen molar-refractivity contribution in [3.05, 3.63) is 81.9 Å². The second-order valence-corrected chi connectivity index (χ2v) is 6.57. The summed E-state index contributed by atoms with van der Waals surface area (Å²) in [5, 5.41) is 11.3. The van der Waals surface area contributed by atoms with E-state index in [1.807, 2.05) is 0 Å². The van der Waals surface area contributed by atoms with Crippen molar-refractivity contribution in [2.24, 2.45) is 0 Å². The molecule has 1 aliphatic rings. The number of ketones is 1. The molecule has 2 aromatic rings. The van der Waals surface area contributed by atoms with Crippen LogP contribution in [-0.2, 0) is 4.79 Å². The number of carboxylic acid groups (broad SMARTS) is 1. The van der Waals surface area contributed by atoms with Gasteiger partial charge in [0.05, 0.1) is 0 Å². The molecule has 0 atom stereocenters. The Bertz CT molecular complexity index is 973. The van der Waals surface area contributed by atoms with Gasteiger partial charge in [0, 0.05) is 17.2 Å². The highest BCUT2D eigenvalue weighted by atomic mass is 19.2. The van der Waals surface area contributed by atoms with Gasteiger partial charge in [-0.15, -0.1) is 0 Å². The third-order valence-corrected chi connectivity index (χ3v) is 4.41. The number of Topliss-reactive ketones (excluding diaryl/α,β-unsaturated/α-hetero) is 1. The topological polar surface area (TPSA) is 66.4 Å². The van der Waals surface area contributed by atoms with Gasteiger partial charge >= 0.3 is 6.09 Å². The molecule has 0 aliphatic heterocycles. The Morgan fingerprint density at radius 1 is 0.862 bits per heavy atom. The number of amides is 1. The molecule has 2 N–H and O–H groups in total. The highest BCUT2D eigenvalue weighted by Crippen LogP contribution is 2.29. The SMILES string of the molecule is O=C(O)NC1C/C(=C\c2ccc(F)c(F)c2)C(=O)/C(=C/c2ccc(F)c(F)c2)C1. The van der Waals surface area contributed by atoms with Crippen LogP contribution in [0.1, 0.15) is 24.0 Å². The molecule has 150 valence electrons. The largest absolute Gasteiger partial charge is 0.465 e. The van der Waals surface area contributed by atoms with Gasteiger partial charge in [0.1, 0.15) is 0 Å². The molecule has 4 nitrogen and oxygen atoms in total. The third-order valence-electron chi connectivity index (χ3n) is 4.41. The first-order valence-corrected chi connectivity index (χ1v) is 8.58. The summed E-state index contributed by atoms with van der Waals surface area (Å²) >= 11 is 0. The fraction of sp³-hybridized carbons (Fsp3) is 0.143. The van der Waals surface area contributed by atoms with E-state index in [9.17, 15) is 27.2 Å². The van der Waals surface area contributed by atoms with Gasteiger partial charge < -0.3 is 10.4 Å². The van der Waals surface area contributed by atoms with Gasteiger partial charge in [0.25, 0.3) is 0 Å². The Kier molecular flexibility index (Phi) is 5.81. The molecular formula is C21H15F4NO3. The first-order chi connectivity index (χ1) is 13.7. The second kappa shape index (κ2) is 8.30. The zero-order valence-electron chi connectivity index (χ0n) is 14.9. The summed E-state index contributed by atoms with van der Waals surface area (Å²) in [5.41, 5.74) is 0.815. The lowest BCUT2D eigenvalue weighted by atomic mass is 9.83. The van der Waals surface area contributed by atoms with Crippen LogP contribution >= 0.6 is 0 Å². The first kappa shape index (κ1) is 20.3. The second-order valence-electron chi connectivity index (χ2n) is 6.57. The molecule has 0 saturated heterocycles. The van der Waals surface area contributed by atoms with Crippen molar-refractivity contribution >= 4 is 24.0 Å². The molecule has 0 aromatic heterocycles. The number of rotatable bonds is 3. The van der Waals surface area contributed by atoms with Gasteiger partial charge in [0.15, 0.2) is 29.1 Å². The van der Waals surface area contributed by atoms with Crippen LogP contribution in [0, 0.1) is 23.3 Å². The molecule has 0 bridgehead atoms. The molecular weight excluding hydrogens is 390 g/mol. The minimum absolute atomic E-state index is 0.0409. The van der Waals surface area contributed by atoms with Crippen molar-refractivity contribution in [2.45, 2.75) is 18.9 Å². The summed E-state index contributed by atoms with van der Waals surface area (Å²) in [5.74, 6) is -4.68. The molecule has 0 spiro atoms. The van der Waals surface area contributed by atoms with E-state index in [0.717, 1.165) is 24.3 Å². The van der Waals surface area contributed by atoms with Crippen molar-refractivity contribution in [1.29, 1.82) is 0 Å². The number of halogens is 4. The Balaban J connectivity index is 1.99. The van der Waals surface area contributed by atoms with Crippen LogP contribution in [-0.4, -0.2) is 23.0 Å². The molecule has 2 aromatic carbocycles. The van der Waals surface area contributed by atoms with E-state index in [0.29, 0.717) is 0 Å². The predicted octanol–water partition coefficient (Wildman–Crippen LogP) is 4.71. The zero-order chi connectivity index (χ0) is 21.1. The molecule has 1 fully saturated rings. The summed E-state index contributed by atoms with van der Waals surface area (Å²) in [7, 11) is 0. The lowest BCUT2D eigenvalue weighted by Crippen LogP contribution is -2.38. The normalized spacial score (nSPS) is 19.6. The fourth-order valence-electron chi connectivity index (χ4n) is 3.13. The molecule has 0 unspecified atom stereocenters. The van der Waals surface area contributed by atoms with Crippen LogP contribution in [0.15, 0.2) is 47.5 Å². The lowest BCUT2D eigenvalue weighted by Gasteiger charge is -2.25. The number of carbonyl (C=O) groups is 2. The van der Waals surface area contributed by atoms with E-state index in [2.05, 4.69) is 5.32 Å². The molecule has 3 rings (SSSR count). The van der Waals surface area contributed by atoms with E-state index < -0.39 is 41.2 Å². The van der Waals surface area contributed by atoms with Crippen LogP contribution in [0.3, 0.4) is 0 Å². The van der Waals surface area contributed by atoms with Gasteiger partial charge in [-0.1, -0.05) is 12.1 Å². The highest BCUT2D eigenvalue weighted by molar-refractivity contribution is 6.14. The molecule has 29 heavy (non-hydrogen) atoms. The van der Waals surface area contributed by atoms with Gasteiger partial charge in [-0.05, 0) is 60.4 Å². The molecule has 1 saturated carbocycles. The average Bonchev–Trinajstić information content (AvgIpc) is 2.64. The van der Waals surface area contributed by atoms with Crippen LogP contribution in [0.25, 0.3) is 12.2 Å². The highest BCUT2D eigenvalue weighted by Gasteiger charge is 2.29. The minimum atomic E-state index is -1.29. The molecule has 0 heterocycles.